The van der Waals surface area contributed by atoms with E-state index < -0.39 is 0 Å². The highest BCUT2D eigenvalue weighted by atomic mass is 79.9. The molecular formula is C17H27BrN6O2. The summed E-state index contributed by atoms with van der Waals surface area (Å²) in [7, 11) is 1.60. The molecule has 1 aromatic rings. The Labute approximate surface area is 162 Å². The van der Waals surface area contributed by atoms with Crippen LogP contribution < -0.4 is 15.0 Å². The van der Waals surface area contributed by atoms with Crippen LogP contribution >= 0.6 is 15.9 Å². The van der Waals surface area contributed by atoms with Crippen LogP contribution in [0.1, 0.15) is 19.8 Å². The Morgan fingerprint density at radius 2 is 2.12 bits per heavy atom. The van der Waals surface area contributed by atoms with Gasteiger partial charge in [0.25, 0.3) is 0 Å². The van der Waals surface area contributed by atoms with Crippen LogP contribution in [-0.2, 0) is 0 Å². The number of aliphatic hydroxyl groups is 1. The summed E-state index contributed by atoms with van der Waals surface area (Å²) in [5.74, 6) is 2.16. The van der Waals surface area contributed by atoms with Crippen molar-refractivity contribution in [1.29, 1.82) is 0 Å². The maximum absolute atomic E-state index is 9.50. The average Bonchev–Trinajstić information content (AvgIpc) is 3.46. The van der Waals surface area contributed by atoms with Crippen molar-refractivity contribution in [1.82, 2.24) is 20.2 Å². The Morgan fingerprint density at radius 1 is 1.38 bits per heavy atom. The summed E-state index contributed by atoms with van der Waals surface area (Å²) >= 11 is 3.39. The molecule has 1 saturated carbocycles. The highest BCUT2D eigenvalue weighted by Crippen LogP contribution is 2.45. The van der Waals surface area contributed by atoms with Crippen LogP contribution in [-0.4, -0.2) is 78.9 Å². The van der Waals surface area contributed by atoms with E-state index in [-0.39, 0.29) is 12.0 Å². The number of guanidine groups is 1. The first-order valence-electron chi connectivity index (χ1n) is 9.06. The molecule has 1 aliphatic carbocycles. The van der Waals surface area contributed by atoms with Gasteiger partial charge in [-0.25, -0.2) is 4.98 Å². The predicted octanol–water partition coefficient (Wildman–Crippen LogP) is 1.11. The first kappa shape index (κ1) is 19.2. The molecule has 0 spiro atoms. The summed E-state index contributed by atoms with van der Waals surface area (Å²) in [4.78, 5) is 18.1. The van der Waals surface area contributed by atoms with Crippen LogP contribution in [0.2, 0.25) is 0 Å². The van der Waals surface area contributed by atoms with Gasteiger partial charge in [0.15, 0.2) is 5.96 Å². The standard InChI is InChI=1S/C17H27BrN6O2/c1-3-19-15(21-11-17(12-25)4-5-17)23-6-8-24(9-7-23)16-20-10-13(18)14(22-16)26-2/h10,25H,3-9,11-12H2,1-2H3,(H,19,21). The van der Waals surface area contributed by atoms with Gasteiger partial charge in [-0.15, -0.1) is 0 Å². The second kappa shape index (κ2) is 8.39. The summed E-state index contributed by atoms with van der Waals surface area (Å²) in [5, 5.41) is 12.9. The lowest BCUT2D eigenvalue weighted by Gasteiger charge is -2.36. The molecule has 0 aromatic carbocycles. The van der Waals surface area contributed by atoms with E-state index in [2.05, 4.69) is 47.9 Å². The molecule has 0 bridgehead atoms. The number of piperazine rings is 1. The zero-order valence-electron chi connectivity index (χ0n) is 15.4. The van der Waals surface area contributed by atoms with E-state index in [9.17, 15) is 5.11 Å². The summed E-state index contributed by atoms with van der Waals surface area (Å²) in [6, 6.07) is 0. The number of anilines is 1. The maximum Gasteiger partial charge on any atom is 0.232 e. The molecule has 0 radical (unpaired) electrons. The lowest BCUT2D eigenvalue weighted by atomic mass is 10.1. The normalized spacial score (nSPS) is 19.5. The number of aromatic nitrogens is 2. The van der Waals surface area contributed by atoms with Crippen LogP contribution in [0.3, 0.4) is 0 Å². The van der Waals surface area contributed by atoms with E-state index >= 15 is 0 Å². The smallest absolute Gasteiger partial charge is 0.232 e. The summed E-state index contributed by atoms with van der Waals surface area (Å²) in [6.45, 7) is 7.16. The third-order valence-electron chi connectivity index (χ3n) is 4.95. The molecule has 2 fully saturated rings. The molecule has 2 N–H and O–H groups in total. The number of ether oxygens (including phenoxy) is 1. The molecular weight excluding hydrogens is 400 g/mol. The first-order chi connectivity index (χ1) is 12.6. The molecule has 9 heteroatoms. The first-order valence-corrected chi connectivity index (χ1v) is 9.86. The summed E-state index contributed by atoms with van der Waals surface area (Å²) in [5.41, 5.74) is 0.0321. The Hall–Kier alpha value is -1.61. The van der Waals surface area contributed by atoms with E-state index in [4.69, 9.17) is 9.73 Å². The van der Waals surface area contributed by atoms with Gasteiger partial charge in [0.1, 0.15) is 0 Å². The second-order valence-corrected chi connectivity index (χ2v) is 7.68. The zero-order chi connectivity index (χ0) is 18.6. The van der Waals surface area contributed by atoms with Crippen molar-refractivity contribution in [3.63, 3.8) is 0 Å². The number of methoxy groups -OCH3 is 1. The topological polar surface area (TPSA) is 86.1 Å². The zero-order valence-corrected chi connectivity index (χ0v) is 17.0. The van der Waals surface area contributed by atoms with Crippen molar-refractivity contribution >= 4 is 27.8 Å². The van der Waals surface area contributed by atoms with Gasteiger partial charge in [0, 0.05) is 38.1 Å². The minimum absolute atomic E-state index is 0.0321. The van der Waals surface area contributed by atoms with Gasteiger partial charge in [0.2, 0.25) is 11.8 Å². The third kappa shape index (κ3) is 4.37. The van der Waals surface area contributed by atoms with Crippen molar-refractivity contribution in [2.24, 2.45) is 10.4 Å². The average molecular weight is 427 g/mol. The van der Waals surface area contributed by atoms with E-state index in [1.54, 1.807) is 13.3 Å². The van der Waals surface area contributed by atoms with Crippen LogP contribution in [0, 0.1) is 5.41 Å². The predicted molar refractivity (Wildman–Crippen MR) is 105 cm³/mol. The number of hydrogen-bond acceptors (Lipinski definition) is 6. The molecule has 8 nitrogen and oxygen atoms in total. The van der Waals surface area contributed by atoms with Crippen molar-refractivity contribution < 1.29 is 9.84 Å². The quantitative estimate of drug-likeness (QED) is 0.520. The van der Waals surface area contributed by atoms with E-state index in [1.165, 1.54) is 0 Å². The third-order valence-corrected chi connectivity index (χ3v) is 5.49. The Kier molecular flexibility index (Phi) is 6.18. The number of rotatable bonds is 6. The van der Waals surface area contributed by atoms with Gasteiger partial charge in [-0.05, 0) is 35.7 Å². The van der Waals surface area contributed by atoms with Gasteiger partial charge >= 0.3 is 0 Å². The molecule has 3 rings (SSSR count). The fraction of sp³-hybridized carbons (Fsp3) is 0.706. The Balaban J connectivity index is 1.61. The molecule has 2 aliphatic rings. The van der Waals surface area contributed by atoms with E-state index in [1.807, 2.05) is 0 Å². The van der Waals surface area contributed by atoms with E-state index in [0.29, 0.717) is 18.4 Å². The van der Waals surface area contributed by atoms with Crippen molar-refractivity contribution in [3.05, 3.63) is 10.7 Å². The number of halogens is 1. The lowest BCUT2D eigenvalue weighted by molar-refractivity contribution is 0.216. The lowest BCUT2D eigenvalue weighted by Crippen LogP contribution is -2.53. The highest BCUT2D eigenvalue weighted by Gasteiger charge is 2.42. The summed E-state index contributed by atoms with van der Waals surface area (Å²) in [6.07, 6.45) is 3.87. The molecule has 1 saturated heterocycles. The van der Waals surface area contributed by atoms with Crippen LogP contribution in [0.15, 0.2) is 15.7 Å². The number of nitrogens with one attached hydrogen (secondary N) is 1. The van der Waals surface area contributed by atoms with Gasteiger partial charge in [-0.2, -0.15) is 4.98 Å². The van der Waals surface area contributed by atoms with Crippen LogP contribution in [0.4, 0.5) is 5.95 Å². The molecule has 26 heavy (non-hydrogen) atoms. The van der Waals surface area contributed by atoms with Crippen molar-refractivity contribution in [2.75, 3.05) is 57.9 Å². The van der Waals surface area contributed by atoms with E-state index in [0.717, 1.165) is 56.0 Å². The number of aliphatic hydroxyl groups excluding tert-OH is 1. The van der Waals surface area contributed by atoms with Gasteiger partial charge in [0.05, 0.1) is 30.9 Å². The molecule has 0 amide bonds. The Morgan fingerprint density at radius 3 is 2.69 bits per heavy atom. The fourth-order valence-corrected chi connectivity index (χ4v) is 3.32. The molecule has 2 heterocycles. The van der Waals surface area contributed by atoms with Crippen molar-refractivity contribution in [3.8, 4) is 5.88 Å². The highest BCUT2D eigenvalue weighted by molar-refractivity contribution is 9.10. The fourth-order valence-electron chi connectivity index (χ4n) is 2.97. The number of aliphatic imine (C=N–C) groups is 1. The van der Waals surface area contributed by atoms with Gasteiger partial charge in [-0.1, -0.05) is 0 Å². The number of hydrogen-bond donors (Lipinski definition) is 2. The van der Waals surface area contributed by atoms with Crippen molar-refractivity contribution in [2.45, 2.75) is 19.8 Å². The summed E-state index contributed by atoms with van der Waals surface area (Å²) < 4.78 is 6.02. The van der Waals surface area contributed by atoms with Gasteiger partial charge < -0.3 is 25.0 Å². The molecule has 1 aromatic heterocycles. The minimum atomic E-state index is 0.0321. The van der Waals surface area contributed by atoms with Crippen LogP contribution in [0.25, 0.3) is 0 Å². The molecule has 0 unspecified atom stereocenters. The second-order valence-electron chi connectivity index (χ2n) is 6.83. The Bertz CT molecular complexity index is 644. The SMILES string of the molecule is CCNC(=NCC1(CO)CC1)N1CCN(c2ncc(Br)c(OC)n2)CC1. The monoisotopic (exact) mass is 426 g/mol. The molecule has 0 atom stereocenters. The largest absolute Gasteiger partial charge is 0.480 e. The minimum Gasteiger partial charge on any atom is -0.480 e. The maximum atomic E-state index is 9.50. The number of nitrogens with zero attached hydrogens (tertiary/aromatic N) is 5. The molecule has 144 valence electrons. The molecule has 1 aliphatic heterocycles. The van der Waals surface area contributed by atoms with Gasteiger partial charge in [-0.3, -0.25) is 4.99 Å². The van der Waals surface area contributed by atoms with Crippen LogP contribution in [0.5, 0.6) is 5.88 Å².